The van der Waals surface area contributed by atoms with Gasteiger partial charge in [0.1, 0.15) is 0 Å². The van der Waals surface area contributed by atoms with Crippen molar-refractivity contribution in [1.82, 2.24) is 0 Å². The molecule has 0 aromatic heterocycles. The van der Waals surface area contributed by atoms with E-state index in [-0.39, 0.29) is 11.5 Å². The van der Waals surface area contributed by atoms with Gasteiger partial charge in [-0.3, -0.25) is 9.59 Å². The number of ether oxygens (including phenoxy) is 2. The summed E-state index contributed by atoms with van der Waals surface area (Å²) in [5, 5.41) is 0. The molecule has 0 aliphatic rings. The van der Waals surface area contributed by atoms with E-state index in [1.54, 1.807) is 0 Å². The molecule has 0 fully saturated rings. The van der Waals surface area contributed by atoms with Gasteiger partial charge in [0.05, 0.1) is 13.2 Å². The normalized spacial score (nSPS) is 11.0. The van der Waals surface area contributed by atoms with E-state index in [1.807, 2.05) is 0 Å². The summed E-state index contributed by atoms with van der Waals surface area (Å²) in [5.74, 6) is 0.295. The van der Waals surface area contributed by atoms with Crippen LogP contribution < -0.4 is 20.3 Å². The first-order valence-electron chi connectivity index (χ1n) is 8.81. The summed E-state index contributed by atoms with van der Waals surface area (Å²) < 4.78 is 10.9. The molecule has 0 heterocycles. The summed E-state index contributed by atoms with van der Waals surface area (Å²) in [5.41, 5.74) is -1.07. The summed E-state index contributed by atoms with van der Waals surface area (Å²) in [4.78, 5) is 23.0. The van der Waals surface area contributed by atoms with Gasteiger partial charge in [-0.2, -0.15) is 0 Å². The molecule has 0 aliphatic heterocycles. The van der Waals surface area contributed by atoms with E-state index in [4.69, 9.17) is 9.47 Å². The van der Waals surface area contributed by atoms with Crippen LogP contribution in [0.1, 0.15) is 78.1 Å². The largest absolute Gasteiger partial charge is 0.486 e. The van der Waals surface area contributed by atoms with E-state index in [2.05, 4.69) is 13.8 Å². The Hall–Kier alpha value is -1.32. The third-order valence-corrected chi connectivity index (χ3v) is 3.81. The summed E-state index contributed by atoms with van der Waals surface area (Å²) in [6.45, 7) is 5.32. The Balaban J connectivity index is 2.23. The summed E-state index contributed by atoms with van der Waals surface area (Å²) in [7, 11) is 0. The monoisotopic (exact) mass is 310 g/mol. The molecule has 126 valence electrons. The summed E-state index contributed by atoms with van der Waals surface area (Å²) in [6.07, 6.45) is 11.3. The van der Waals surface area contributed by atoms with Crippen molar-refractivity contribution in [2.24, 2.45) is 0 Å². The van der Waals surface area contributed by atoms with Crippen molar-refractivity contribution in [3.05, 3.63) is 20.4 Å². The van der Waals surface area contributed by atoms with Gasteiger partial charge < -0.3 is 9.47 Å². The number of unbranched alkanes of at least 4 members (excludes halogenated alkanes) is 8. The van der Waals surface area contributed by atoms with Crippen molar-refractivity contribution < 1.29 is 9.47 Å². The molecule has 0 saturated carbocycles. The van der Waals surface area contributed by atoms with Gasteiger partial charge in [0.15, 0.2) is 0 Å². The lowest BCUT2D eigenvalue weighted by Crippen LogP contribution is -2.34. The molecule has 0 spiro atoms. The van der Waals surface area contributed by atoms with Crippen LogP contribution in [0.4, 0.5) is 0 Å². The van der Waals surface area contributed by atoms with Gasteiger partial charge in [-0.05, 0) is 12.8 Å². The molecule has 22 heavy (non-hydrogen) atoms. The summed E-state index contributed by atoms with van der Waals surface area (Å²) in [6, 6.07) is 0. The quantitative estimate of drug-likeness (QED) is 0.385. The smallest absolute Gasteiger partial charge is 0.275 e. The molecular weight excluding hydrogens is 280 g/mol. The zero-order valence-corrected chi connectivity index (χ0v) is 14.1. The lowest BCUT2D eigenvalue weighted by molar-refractivity contribution is 0.247. The zero-order valence-electron chi connectivity index (χ0n) is 14.1. The van der Waals surface area contributed by atoms with Crippen molar-refractivity contribution in [2.45, 2.75) is 78.1 Å². The second-order valence-corrected chi connectivity index (χ2v) is 5.84. The highest BCUT2D eigenvalue weighted by molar-refractivity contribution is 5.45. The predicted octanol–water partition coefficient (Wildman–Crippen LogP) is 3.98. The molecule has 0 bridgehead atoms. The maximum atomic E-state index is 11.5. The fourth-order valence-electron chi connectivity index (χ4n) is 2.37. The molecule has 0 unspecified atom stereocenters. The Morgan fingerprint density at radius 1 is 0.591 bits per heavy atom. The third kappa shape index (κ3) is 6.20. The molecule has 4 heteroatoms. The van der Waals surface area contributed by atoms with Crippen LogP contribution in [0.25, 0.3) is 0 Å². The van der Waals surface area contributed by atoms with Crippen molar-refractivity contribution in [1.29, 1.82) is 0 Å². The molecular formula is C18H30O4. The highest BCUT2D eigenvalue weighted by atomic mass is 16.5. The zero-order chi connectivity index (χ0) is 16.2. The molecule has 1 aromatic rings. The van der Waals surface area contributed by atoms with Gasteiger partial charge in [-0.15, -0.1) is 0 Å². The third-order valence-electron chi connectivity index (χ3n) is 3.81. The number of hydrogen-bond donors (Lipinski definition) is 0. The molecule has 0 aliphatic carbocycles. The molecule has 0 amide bonds. The predicted molar refractivity (Wildman–Crippen MR) is 89.9 cm³/mol. The minimum Gasteiger partial charge on any atom is -0.486 e. The van der Waals surface area contributed by atoms with Gasteiger partial charge in [-0.1, -0.05) is 65.2 Å². The van der Waals surface area contributed by atoms with Gasteiger partial charge in [0, 0.05) is 0 Å². The topological polar surface area (TPSA) is 52.6 Å². The second kappa shape index (κ2) is 11.3. The van der Waals surface area contributed by atoms with Gasteiger partial charge in [0.25, 0.3) is 10.9 Å². The second-order valence-electron chi connectivity index (χ2n) is 5.84. The first-order chi connectivity index (χ1) is 10.7. The molecule has 0 radical (unpaired) electrons. The fourth-order valence-corrected chi connectivity index (χ4v) is 2.37. The molecule has 0 atom stereocenters. The van der Waals surface area contributed by atoms with Gasteiger partial charge >= 0.3 is 0 Å². The molecule has 4 nitrogen and oxygen atoms in total. The van der Waals surface area contributed by atoms with Crippen LogP contribution in [0, 0.1) is 0 Å². The minimum absolute atomic E-state index is 0.147. The SMILES string of the molecule is CCCCCCCOc1c(OCCCCCCC)c(=O)c1=O. The Labute approximate surface area is 133 Å². The van der Waals surface area contributed by atoms with Crippen molar-refractivity contribution in [3.8, 4) is 11.5 Å². The Morgan fingerprint density at radius 2 is 0.955 bits per heavy atom. The molecule has 1 rings (SSSR count). The Bertz CT molecular complexity index is 428. The highest BCUT2D eigenvalue weighted by Crippen LogP contribution is 2.21. The first kappa shape index (κ1) is 18.7. The fraction of sp³-hybridized carbons (Fsp3) is 0.778. The highest BCUT2D eigenvalue weighted by Gasteiger charge is 2.24. The number of rotatable bonds is 14. The van der Waals surface area contributed by atoms with Crippen molar-refractivity contribution in [2.75, 3.05) is 13.2 Å². The maximum Gasteiger partial charge on any atom is 0.275 e. The van der Waals surface area contributed by atoms with Crippen LogP contribution in [0.5, 0.6) is 11.5 Å². The van der Waals surface area contributed by atoms with Crippen LogP contribution >= 0.6 is 0 Å². The summed E-state index contributed by atoms with van der Waals surface area (Å²) >= 11 is 0. The van der Waals surface area contributed by atoms with E-state index in [0.29, 0.717) is 13.2 Å². The van der Waals surface area contributed by atoms with E-state index >= 15 is 0 Å². The van der Waals surface area contributed by atoms with Crippen LogP contribution in [0.15, 0.2) is 9.59 Å². The van der Waals surface area contributed by atoms with E-state index in [9.17, 15) is 9.59 Å². The van der Waals surface area contributed by atoms with E-state index < -0.39 is 10.9 Å². The van der Waals surface area contributed by atoms with Crippen LogP contribution in [-0.2, 0) is 0 Å². The van der Waals surface area contributed by atoms with E-state index in [1.165, 1.54) is 38.5 Å². The van der Waals surface area contributed by atoms with Crippen molar-refractivity contribution in [3.63, 3.8) is 0 Å². The standard InChI is InChI=1S/C18H30O4/c1-3-5-7-9-11-13-21-17-15(19)16(20)18(17)22-14-12-10-8-6-4-2/h3-14H2,1-2H3. The van der Waals surface area contributed by atoms with Crippen LogP contribution in [-0.4, -0.2) is 13.2 Å². The molecule has 0 N–H and O–H groups in total. The Morgan fingerprint density at radius 3 is 1.32 bits per heavy atom. The van der Waals surface area contributed by atoms with Gasteiger partial charge in [0.2, 0.25) is 11.5 Å². The molecule has 0 saturated heterocycles. The average Bonchev–Trinajstić information content (AvgIpc) is 2.54. The Kier molecular flexibility index (Phi) is 9.60. The van der Waals surface area contributed by atoms with Crippen LogP contribution in [0.2, 0.25) is 0 Å². The van der Waals surface area contributed by atoms with Crippen LogP contribution in [0.3, 0.4) is 0 Å². The lowest BCUT2D eigenvalue weighted by Gasteiger charge is -2.13. The minimum atomic E-state index is -0.533. The van der Waals surface area contributed by atoms with Crippen molar-refractivity contribution >= 4 is 0 Å². The van der Waals surface area contributed by atoms with E-state index in [0.717, 1.165) is 25.7 Å². The maximum absolute atomic E-state index is 11.5. The lowest BCUT2D eigenvalue weighted by atomic mass is 10.1. The van der Waals surface area contributed by atoms with Gasteiger partial charge in [-0.25, -0.2) is 0 Å². The average molecular weight is 310 g/mol. The number of hydrogen-bond acceptors (Lipinski definition) is 4. The first-order valence-corrected chi connectivity index (χ1v) is 8.81. The molecule has 1 aromatic carbocycles.